The van der Waals surface area contributed by atoms with E-state index in [-0.39, 0.29) is 18.4 Å². The van der Waals surface area contributed by atoms with E-state index in [0.717, 1.165) is 11.1 Å². The Morgan fingerprint density at radius 1 is 1.56 bits per heavy atom. The first-order chi connectivity index (χ1) is 8.63. The molecule has 18 heavy (non-hydrogen) atoms. The molecule has 0 aromatic carbocycles. The fourth-order valence-electron chi connectivity index (χ4n) is 1.66. The van der Waals surface area contributed by atoms with Gasteiger partial charge in [0.05, 0.1) is 0 Å². The highest BCUT2D eigenvalue weighted by molar-refractivity contribution is 5.95. The minimum absolute atomic E-state index is 0.0559. The lowest BCUT2D eigenvalue weighted by Gasteiger charge is -2.10. The van der Waals surface area contributed by atoms with Crippen LogP contribution in [0.1, 0.15) is 26.2 Å². The molecule has 1 rings (SSSR count). The monoisotopic (exact) mass is 249 g/mol. The first kappa shape index (κ1) is 14.0. The third kappa shape index (κ3) is 4.84. The van der Waals surface area contributed by atoms with Crippen LogP contribution in [0, 0.1) is 0 Å². The Morgan fingerprint density at radius 2 is 2.33 bits per heavy atom. The Balaban J connectivity index is 2.63. The van der Waals surface area contributed by atoms with Gasteiger partial charge >= 0.3 is 5.97 Å². The molecule has 1 aliphatic rings. The second kappa shape index (κ2) is 7.29. The predicted octanol–water partition coefficient (Wildman–Crippen LogP) is 2.47. The molecule has 0 aromatic heterocycles. The van der Waals surface area contributed by atoms with Crippen molar-refractivity contribution in [2.75, 3.05) is 13.2 Å². The Hall–Kier alpha value is -2.07. The Labute approximate surface area is 105 Å². The number of ether oxygens (including phenoxy) is 1. The Kier molecular flexibility index (Phi) is 5.67. The lowest BCUT2D eigenvalue weighted by molar-refractivity contribution is -0.140. The van der Waals surface area contributed by atoms with Gasteiger partial charge in [-0.1, -0.05) is 11.2 Å². The maximum Gasteiger partial charge on any atom is 0.302 e. The smallest absolute Gasteiger partial charge is 0.302 e. The summed E-state index contributed by atoms with van der Waals surface area (Å²) < 4.78 is 4.96. The van der Waals surface area contributed by atoms with Crippen molar-refractivity contribution in [2.24, 2.45) is 5.11 Å². The molecular formula is C12H15N3O3. The molecule has 0 spiro atoms. The standard InChI is InChI=1S/C12H15N3O3/c1-9(16)18-8-11(3-2-6-14-15-13)10-4-5-12(17)7-10/h4-5H,2-3,6-8H2,1H3/b11-10+. The summed E-state index contributed by atoms with van der Waals surface area (Å²) in [6.45, 7) is 1.93. The number of hydrogen-bond donors (Lipinski definition) is 0. The molecule has 0 unspecified atom stereocenters. The number of hydrogen-bond acceptors (Lipinski definition) is 4. The molecule has 0 aliphatic heterocycles. The zero-order chi connectivity index (χ0) is 13.4. The zero-order valence-corrected chi connectivity index (χ0v) is 10.3. The average molecular weight is 249 g/mol. The molecule has 0 N–H and O–H groups in total. The fraction of sp³-hybridized carbons (Fsp3) is 0.500. The van der Waals surface area contributed by atoms with Crippen molar-refractivity contribution >= 4 is 11.8 Å². The molecule has 0 heterocycles. The molecular weight excluding hydrogens is 234 g/mol. The molecule has 0 atom stereocenters. The van der Waals surface area contributed by atoms with Gasteiger partial charge in [-0.15, -0.1) is 0 Å². The van der Waals surface area contributed by atoms with Gasteiger partial charge in [0, 0.05) is 24.8 Å². The lowest BCUT2D eigenvalue weighted by Crippen LogP contribution is -2.06. The molecule has 0 amide bonds. The molecule has 0 saturated heterocycles. The van der Waals surface area contributed by atoms with E-state index in [4.69, 9.17) is 10.3 Å². The summed E-state index contributed by atoms with van der Waals surface area (Å²) in [5, 5.41) is 3.45. The molecule has 6 heteroatoms. The normalized spacial score (nSPS) is 16.4. The third-order valence-corrected chi connectivity index (χ3v) is 2.54. The SMILES string of the molecule is CC(=O)OC/C(CCCN=[N+]=[N-])=C1\C=CC(=O)C1. The number of azide groups is 1. The van der Waals surface area contributed by atoms with E-state index in [2.05, 4.69) is 10.0 Å². The predicted molar refractivity (Wildman–Crippen MR) is 65.7 cm³/mol. The second-order valence-corrected chi connectivity index (χ2v) is 3.94. The largest absolute Gasteiger partial charge is 0.461 e. The number of ketones is 1. The minimum atomic E-state index is -0.351. The van der Waals surface area contributed by atoms with Crippen LogP contribution in [-0.2, 0) is 14.3 Å². The van der Waals surface area contributed by atoms with Crippen molar-refractivity contribution in [3.05, 3.63) is 33.7 Å². The number of carbonyl (C=O) groups is 2. The summed E-state index contributed by atoms with van der Waals surface area (Å²) in [5.74, 6) is -0.295. The topological polar surface area (TPSA) is 92.1 Å². The number of allylic oxidation sites excluding steroid dienone is 3. The highest BCUT2D eigenvalue weighted by atomic mass is 16.5. The van der Waals surface area contributed by atoms with Crippen molar-refractivity contribution in [3.8, 4) is 0 Å². The van der Waals surface area contributed by atoms with Crippen molar-refractivity contribution in [3.63, 3.8) is 0 Å². The van der Waals surface area contributed by atoms with Crippen LogP contribution in [0.5, 0.6) is 0 Å². The van der Waals surface area contributed by atoms with Gasteiger partial charge in [-0.2, -0.15) is 0 Å². The average Bonchev–Trinajstić information content (AvgIpc) is 2.74. The Bertz CT molecular complexity index is 445. The quantitative estimate of drug-likeness (QED) is 0.238. The molecule has 0 aromatic rings. The highest BCUT2D eigenvalue weighted by Gasteiger charge is 2.14. The fourth-order valence-corrected chi connectivity index (χ4v) is 1.66. The van der Waals surface area contributed by atoms with E-state index in [1.54, 1.807) is 6.08 Å². The zero-order valence-electron chi connectivity index (χ0n) is 10.3. The molecule has 6 nitrogen and oxygen atoms in total. The van der Waals surface area contributed by atoms with Gasteiger partial charge in [-0.25, -0.2) is 0 Å². The lowest BCUT2D eigenvalue weighted by atomic mass is 10.0. The number of carbonyl (C=O) groups excluding carboxylic acids is 2. The van der Waals surface area contributed by atoms with Crippen molar-refractivity contribution in [1.29, 1.82) is 0 Å². The van der Waals surface area contributed by atoms with Gasteiger partial charge in [0.2, 0.25) is 0 Å². The van der Waals surface area contributed by atoms with Gasteiger partial charge < -0.3 is 4.74 Å². The molecule has 1 aliphatic carbocycles. The molecule has 0 radical (unpaired) electrons. The number of esters is 1. The second-order valence-electron chi connectivity index (χ2n) is 3.94. The van der Waals surface area contributed by atoms with Crippen LogP contribution in [0.3, 0.4) is 0 Å². The maximum atomic E-state index is 11.2. The van der Waals surface area contributed by atoms with E-state index in [1.165, 1.54) is 13.0 Å². The van der Waals surface area contributed by atoms with Crippen LogP contribution in [0.15, 0.2) is 28.4 Å². The maximum absolute atomic E-state index is 11.2. The third-order valence-electron chi connectivity index (χ3n) is 2.54. The van der Waals surface area contributed by atoms with Gasteiger partial charge in [0.25, 0.3) is 0 Å². The van der Waals surface area contributed by atoms with Gasteiger partial charge in [0.15, 0.2) is 5.78 Å². The van der Waals surface area contributed by atoms with Crippen molar-refractivity contribution in [1.82, 2.24) is 0 Å². The minimum Gasteiger partial charge on any atom is -0.461 e. The molecule has 96 valence electrons. The van der Waals surface area contributed by atoms with E-state index < -0.39 is 0 Å². The summed E-state index contributed by atoms with van der Waals surface area (Å²) in [7, 11) is 0. The molecule has 0 saturated carbocycles. The van der Waals surface area contributed by atoms with Gasteiger partial charge in [-0.05, 0) is 35.6 Å². The van der Waals surface area contributed by atoms with Crippen LogP contribution in [0.2, 0.25) is 0 Å². The summed E-state index contributed by atoms with van der Waals surface area (Å²) in [6, 6.07) is 0. The van der Waals surface area contributed by atoms with Gasteiger partial charge in [-0.3, -0.25) is 9.59 Å². The molecule has 0 fully saturated rings. The van der Waals surface area contributed by atoms with Crippen LogP contribution in [-0.4, -0.2) is 24.9 Å². The number of rotatable bonds is 6. The number of nitrogens with zero attached hydrogens (tertiary/aromatic N) is 3. The van der Waals surface area contributed by atoms with E-state index in [0.29, 0.717) is 25.8 Å². The summed E-state index contributed by atoms with van der Waals surface area (Å²) >= 11 is 0. The first-order valence-corrected chi connectivity index (χ1v) is 5.69. The summed E-state index contributed by atoms with van der Waals surface area (Å²) in [5.41, 5.74) is 10.00. The van der Waals surface area contributed by atoms with Crippen LogP contribution >= 0.6 is 0 Å². The highest BCUT2D eigenvalue weighted by Crippen LogP contribution is 2.21. The van der Waals surface area contributed by atoms with E-state index in [9.17, 15) is 9.59 Å². The molecule has 0 bridgehead atoms. The van der Waals surface area contributed by atoms with Crippen molar-refractivity contribution < 1.29 is 14.3 Å². The summed E-state index contributed by atoms with van der Waals surface area (Å²) in [4.78, 5) is 24.7. The van der Waals surface area contributed by atoms with Crippen molar-refractivity contribution in [2.45, 2.75) is 26.2 Å². The Morgan fingerprint density at radius 3 is 2.89 bits per heavy atom. The van der Waals surface area contributed by atoms with E-state index in [1.807, 2.05) is 0 Å². The van der Waals surface area contributed by atoms with E-state index >= 15 is 0 Å². The first-order valence-electron chi connectivity index (χ1n) is 5.69. The van der Waals surface area contributed by atoms with Crippen LogP contribution < -0.4 is 0 Å². The van der Waals surface area contributed by atoms with Gasteiger partial charge in [0.1, 0.15) is 6.61 Å². The van der Waals surface area contributed by atoms with Crippen LogP contribution in [0.25, 0.3) is 10.4 Å². The van der Waals surface area contributed by atoms with Crippen LogP contribution in [0.4, 0.5) is 0 Å². The summed E-state index contributed by atoms with van der Waals surface area (Å²) in [6.07, 6.45) is 4.97.